The monoisotopic (exact) mass is 420 g/mol. The van der Waals surface area contributed by atoms with E-state index in [-0.39, 0.29) is 10.9 Å². The van der Waals surface area contributed by atoms with Crippen molar-refractivity contribution < 1.29 is 13.6 Å². The molecule has 0 aliphatic rings. The number of hydrogen-bond acceptors (Lipinski definition) is 2. The molecule has 0 bridgehead atoms. The Balaban J connectivity index is 1.89. The number of aldehydes is 1. The lowest BCUT2D eigenvalue weighted by molar-refractivity contribution is 0.112. The van der Waals surface area contributed by atoms with Gasteiger partial charge in [-0.05, 0) is 52.0 Å². The molecule has 0 amide bonds. The Morgan fingerprint density at radius 3 is 1.97 bits per heavy atom. The summed E-state index contributed by atoms with van der Waals surface area (Å²) in [7, 11) is -2.56. The van der Waals surface area contributed by atoms with Gasteiger partial charge in [-0.25, -0.2) is 4.39 Å². The van der Waals surface area contributed by atoms with Crippen molar-refractivity contribution in [3.63, 3.8) is 0 Å². The van der Waals surface area contributed by atoms with Crippen molar-refractivity contribution in [2.24, 2.45) is 0 Å². The van der Waals surface area contributed by atoms with Crippen LogP contribution in [0.3, 0.4) is 0 Å². The third-order valence-electron chi connectivity index (χ3n) is 5.56. The molecular weight excluding hydrogens is 391 g/mol. The van der Waals surface area contributed by atoms with Crippen LogP contribution in [0.15, 0.2) is 78.9 Å². The third kappa shape index (κ3) is 4.60. The van der Waals surface area contributed by atoms with Gasteiger partial charge >= 0.3 is 0 Å². The van der Waals surface area contributed by atoms with Crippen molar-refractivity contribution in [2.75, 3.05) is 6.61 Å². The predicted molar refractivity (Wildman–Crippen MR) is 124 cm³/mol. The molecular formula is C26H29FO2Si. The zero-order chi connectivity index (χ0) is 21.6. The molecule has 2 nitrogen and oxygen atoms in total. The Morgan fingerprint density at radius 2 is 1.47 bits per heavy atom. The fourth-order valence-corrected chi connectivity index (χ4v) is 8.76. The highest BCUT2D eigenvalue weighted by molar-refractivity contribution is 6.99. The lowest BCUT2D eigenvalue weighted by Crippen LogP contribution is -2.66. The summed E-state index contributed by atoms with van der Waals surface area (Å²) in [5, 5.41) is 2.40. The average molecular weight is 421 g/mol. The molecule has 0 aliphatic heterocycles. The van der Waals surface area contributed by atoms with Crippen LogP contribution in [-0.4, -0.2) is 21.2 Å². The zero-order valence-electron chi connectivity index (χ0n) is 17.9. The maximum atomic E-state index is 13.6. The normalized spacial score (nSPS) is 12.0. The number of hydrogen-bond donors (Lipinski definition) is 0. The first kappa shape index (κ1) is 22.1. The summed E-state index contributed by atoms with van der Waals surface area (Å²) >= 11 is 0. The summed E-state index contributed by atoms with van der Waals surface area (Å²) in [6, 6.07) is 25.3. The maximum absolute atomic E-state index is 13.6. The third-order valence-corrected chi connectivity index (χ3v) is 10.6. The van der Waals surface area contributed by atoms with E-state index in [1.807, 2.05) is 12.1 Å². The fraction of sp³-hybridized carbons (Fsp3) is 0.269. The average Bonchev–Trinajstić information content (AvgIpc) is 2.74. The highest BCUT2D eigenvalue weighted by Gasteiger charge is 2.49. The summed E-state index contributed by atoms with van der Waals surface area (Å²) in [4.78, 5) is 11.3. The van der Waals surface area contributed by atoms with Gasteiger partial charge in [-0.15, -0.1) is 0 Å². The summed E-state index contributed by atoms with van der Waals surface area (Å²) in [5.74, 6) is -0.316. The molecule has 0 aliphatic carbocycles. The summed E-state index contributed by atoms with van der Waals surface area (Å²) in [6.45, 7) is 7.28. The first-order valence-electron chi connectivity index (χ1n) is 10.4. The Kier molecular flexibility index (Phi) is 7.01. The van der Waals surface area contributed by atoms with E-state index >= 15 is 0 Å². The van der Waals surface area contributed by atoms with E-state index in [0.717, 1.165) is 18.3 Å². The van der Waals surface area contributed by atoms with Crippen LogP contribution in [0.4, 0.5) is 4.39 Å². The van der Waals surface area contributed by atoms with Crippen LogP contribution in [0.2, 0.25) is 5.04 Å². The van der Waals surface area contributed by atoms with Crippen LogP contribution in [-0.2, 0) is 10.8 Å². The van der Waals surface area contributed by atoms with E-state index in [0.29, 0.717) is 18.6 Å². The molecule has 0 atom stereocenters. The van der Waals surface area contributed by atoms with Gasteiger partial charge in [-0.3, -0.25) is 4.79 Å². The first-order valence-corrected chi connectivity index (χ1v) is 12.3. The van der Waals surface area contributed by atoms with Gasteiger partial charge in [0.1, 0.15) is 12.1 Å². The maximum Gasteiger partial charge on any atom is 0.261 e. The van der Waals surface area contributed by atoms with Crippen LogP contribution < -0.4 is 10.4 Å². The van der Waals surface area contributed by atoms with Crippen LogP contribution >= 0.6 is 0 Å². The number of benzene rings is 3. The van der Waals surface area contributed by atoms with Gasteiger partial charge in [0.15, 0.2) is 0 Å². The number of carbonyl (C=O) groups excluding carboxylic acids is 1. The lowest BCUT2D eigenvalue weighted by Gasteiger charge is -2.43. The number of carbonyl (C=O) groups is 1. The van der Waals surface area contributed by atoms with Crippen LogP contribution in [0.5, 0.6) is 0 Å². The van der Waals surface area contributed by atoms with Gasteiger partial charge in [0.25, 0.3) is 8.32 Å². The molecule has 0 spiro atoms. The van der Waals surface area contributed by atoms with E-state index in [1.54, 1.807) is 6.07 Å². The summed E-state index contributed by atoms with van der Waals surface area (Å²) in [5.41, 5.74) is 1.28. The van der Waals surface area contributed by atoms with Gasteiger partial charge in [0.05, 0.1) is 0 Å². The van der Waals surface area contributed by atoms with E-state index in [1.165, 1.54) is 22.5 Å². The van der Waals surface area contributed by atoms with Gasteiger partial charge in [0, 0.05) is 12.2 Å². The highest BCUT2D eigenvalue weighted by Crippen LogP contribution is 2.36. The van der Waals surface area contributed by atoms with E-state index in [4.69, 9.17) is 4.43 Å². The fourth-order valence-electron chi connectivity index (χ4n) is 4.16. The summed E-state index contributed by atoms with van der Waals surface area (Å²) in [6.07, 6.45) is 2.11. The molecule has 30 heavy (non-hydrogen) atoms. The van der Waals surface area contributed by atoms with Crippen molar-refractivity contribution in [3.8, 4) is 0 Å². The number of halogens is 1. The second-order valence-electron chi connectivity index (χ2n) is 8.58. The summed E-state index contributed by atoms with van der Waals surface area (Å²) < 4.78 is 20.5. The SMILES string of the molecule is CC(C)(C)[Si](OCCCc1cc(F)ccc1C=O)(c1ccccc1)c1ccccc1. The molecule has 0 radical (unpaired) electrons. The zero-order valence-corrected chi connectivity index (χ0v) is 18.9. The van der Waals surface area contributed by atoms with E-state index in [2.05, 4.69) is 69.3 Å². The first-order chi connectivity index (χ1) is 14.4. The van der Waals surface area contributed by atoms with Crippen molar-refractivity contribution in [1.82, 2.24) is 0 Å². The van der Waals surface area contributed by atoms with Gasteiger partial charge in [-0.1, -0.05) is 81.4 Å². The minimum absolute atomic E-state index is 0.0808. The van der Waals surface area contributed by atoms with Crippen LogP contribution in [0, 0.1) is 5.82 Å². The van der Waals surface area contributed by atoms with Crippen molar-refractivity contribution >= 4 is 25.0 Å². The van der Waals surface area contributed by atoms with Gasteiger partial charge in [-0.2, -0.15) is 0 Å². The Morgan fingerprint density at radius 1 is 0.900 bits per heavy atom. The van der Waals surface area contributed by atoms with Crippen LogP contribution in [0.25, 0.3) is 0 Å². The predicted octanol–water partition coefficient (Wildman–Crippen LogP) is 5.15. The Labute approximate surface area is 179 Å². The minimum Gasteiger partial charge on any atom is -0.407 e. The smallest absolute Gasteiger partial charge is 0.261 e. The molecule has 4 heteroatoms. The van der Waals surface area contributed by atoms with Gasteiger partial charge in [0.2, 0.25) is 0 Å². The lowest BCUT2D eigenvalue weighted by atomic mass is 10.0. The minimum atomic E-state index is -2.56. The molecule has 0 unspecified atom stereocenters. The standard InChI is InChI=1S/C26H29FO2Si/c1-26(2,3)30(24-12-6-4-7-13-24,25-14-8-5-9-15-25)29-18-10-11-21-19-23(27)17-16-22(21)20-28/h4-9,12-17,19-20H,10-11,18H2,1-3H3. The number of aryl methyl sites for hydroxylation is 1. The van der Waals surface area contributed by atoms with E-state index in [9.17, 15) is 9.18 Å². The molecule has 0 N–H and O–H groups in total. The second kappa shape index (κ2) is 9.50. The van der Waals surface area contributed by atoms with Crippen LogP contribution in [0.1, 0.15) is 43.1 Å². The Hall–Kier alpha value is -2.56. The molecule has 0 heterocycles. The quantitative estimate of drug-likeness (QED) is 0.286. The molecule has 0 aromatic heterocycles. The number of rotatable bonds is 8. The molecule has 0 saturated heterocycles. The molecule has 156 valence electrons. The van der Waals surface area contributed by atoms with E-state index < -0.39 is 8.32 Å². The topological polar surface area (TPSA) is 26.3 Å². The molecule has 0 fully saturated rings. The molecule has 3 rings (SSSR count). The molecule has 3 aromatic carbocycles. The van der Waals surface area contributed by atoms with Crippen molar-refractivity contribution in [2.45, 2.75) is 38.7 Å². The van der Waals surface area contributed by atoms with Crippen molar-refractivity contribution in [1.29, 1.82) is 0 Å². The largest absolute Gasteiger partial charge is 0.407 e. The Bertz CT molecular complexity index is 926. The highest BCUT2D eigenvalue weighted by atomic mass is 28.4. The van der Waals surface area contributed by atoms with Crippen molar-refractivity contribution in [3.05, 3.63) is 95.8 Å². The molecule has 3 aromatic rings. The second-order valence-corrected chi connectivity index (χ2v) is 12.9. The van der Waals surface area contributed by atoms with Gasteiger partial charge < -0.3 is 4.43 Å². The molecule has 0 saturated carbocycles.